The molecule has 0 aliphatic rings. The Labute approximate surface area is 206 Å². The van der Waals surface area contributed by atoms with Crippen LogP contribution in [0.3, 0.4) is 0 Å². The smallest absolute Gasteiger partial charge is 0.341 e. The number of aliphatic hydroxyl groups excluding tert-OH is 1. The molecular formula is C29H32O6. The summed E-state index contributed by atoms with van der Waals surface area (Å²) in [4.78, 5) is 34.1. The maximum atomic E-state index is 12.5. The molecule has 1 atom stereocenters. The number of ether oxygens (including phenoxy) is 1. The van der Waals surface area contributed by atoms with Crippen molar-refractivity contribution in [1.82, 2.24) is 0 Å². The molecule has 35 heavy (non-hydrogen) atoms. The highest BCUT2D eigenvalue weighted by atomic mass is 16.6. The summed E-state index contributed by atoms with van der Waals surface area (Å²) < 4.78 is 4.95. The zero-order chi connectivity index (χ0) is 26.2. The number of hydrogen-bond donors (Lipinski definition) is 2. The fourth-order valence-electron chi connectivity index (χ4n) is 2.73. The zero-order valence-electron chi connectivity index (χ0n) is 20.0. The molecule has 0 amide bonds. The Morgan fingerprint density at radius 2 is 1.49 bits per heavy atom. The minimum absolute atomic E-state index is 0.0591. The third-order valence-corrected chi connectivity index (χ3v) is 4.80. The molecule has 0 radical (unpaired) electrons. The minimum Gasteiger partial charge on any atom is -0.478 e. The van der Waals surface area contributed by atoms with Crippen molar-refractivity contribution in [3.05, 3.63) is 114 Å². The molecule has 2 N–H and O–H groups in total. The summed E-state index contributed by atoms with van der Waals surface area (Å²) in [5.74, 6) is -2.81. The fourth-order valence-corrected chi connectivity index (χ4v) is 2.73. The Hall–Kier alpha value is -4.03. The lowest BCUT2D eigenvalue weighted by Gasteiger charge is -2.15. The third-order valence-electron chi connectivity index (χ3n) is 4.80. The number of allylic oxidation sites excluding steroid dienone is 1. The molecule has 0 aliphatic heterocycles. The maximum absolute atomic E-state index is 12.5. The van der Waals surface area contributed by atoms with Gasteiger partial charge in [-0.1, -0.05) is 92.6 Å². The monoisotopic (exact) mass is 476 g/mol. The van der Waals surface area contributed by atoms with Crippen molar-refractivity contribution < 1.29 is 29.3 Å². The van der Waals surface area contributed by atoms with Crippen molar-refractivity contribution in [2.45, 2.75) is 26.2 Å². The predicted octanol–water partition coefficient (Wildman–Crippen LogP) is 5.16. The summed E-state index contributed by atoms with van der Waals surface area (Å²) in [6.45, 7) is 12.0. The van der Waals surface area contributed by atoms with Crippen LogP contribution in [0.15, 0.2) is 103 Å². The van der Waals surface area contributed by atoms with Gasteiger partial charge >= 0.3 is 17.9 Å². The van der Waals surface area contributed by atoms with Crippen molar-refractivity contribution in [1.29, 1.82) is 0 Å². The van der Waals surface area contributed by atoms with Crippen molar-refractivity contribution in [2.75, 3.05) is 6.61 Å². The summed E-state index contributed by atoms with van der Waals surface area (Å²) >= 11 is 0. The number of carboxylic acids is 1. The second kappa shape index (κ2) is 15.7. The van der Waals surface area contributed by atoms with Crippen LogP contribution in [0.25, 0.3) is 6.08 Å². The van der Waals surface area contributed by atoms with Crippen LogP contribution in [0.4, 0.5) is 0 Å². The van der Waals surface area contributed by atoms with Gasteiger partial charge in [-0.3, -0.25) is 0 Å². The average Bonchev–Trinajstić information content (AvgIpc) is 2.86. The third kappa shape index (κ3) is 11.6. The highest BCUT2D eigenvalue weighted by Gasteiger charge is 2.22. The van der Waals surface area contributed by atoms with E-state index in [-0.39, 0.29) is 35.7 Å². The number of rotatable bonds is 11. The van der Waals surface area contributed by atoms with Crippen LogP contribution in [0.1, 0.15) is 30.9 Å². The molecule has 0 spiro atoms. The van der Waals surface area contributed by atoms with Gasteiger partial charge in [0.05, 0.1) is 0 Å². The van der Waals surface area contributed by atoms with Gasteiger partial charge in [-0.2, -0.15) is 0 Å². The fraction of sp³-hybridized carbons (Fsp3) is 0.207. The molecule has 2 rings (SSSR count). The predicted molar refractivity (Wildman–Crippen MR) is 137 cm³/mol. The van der Waals surface area contributed by atoms with Crippen LogP contribution < -0.4 is 0 Å². The standard InChI is InChI=1S/C25H26O4.C4H6O2/c1-19(10-9-17-26)24(27)29-25(28)20(2)23(18-22-13-7-4-8-14-22)16-15-21-11-5-3-6-12-21;1-3(2)4(5)6/h3-8,11-16,23,26H,1-2,9-10,17-18H2;1H2,2H3,(H,5,6). The van der Waals surface area contributed by atoms with Gasteiger partial charge in [-0.15, -0.1) is 0 Å². The lowest BCUT2D eigenvalue weighted by atomic mass is 9.91. The van der Waals surface area contributed by atoms with Gasteiger partial charge in [0.25, 0.3) is 0 Å². The minimum atomic E-state index is -0.935. The molecule has 0 heterocycles. The van der Waals surface area contributed by atoms with E-state index in [1.54, 1.807) is 0 Å². The molecule has 6 nitrogen and oxygen atoms in total. The molecule has 0 saturated heterocycles. The molecule has 0 bridgehead atoms. The summed E-state index contributed by atoms with van der Waals surface area (Å²) in [6.07, 6.45) is 5.04. The van der Waals surface area contributed by atoms with Gasteiger partial charge in [0.15, 0.2) is 0 Å². The Balaban J connectivity index is 0.000000905. The quantitative estimate of drug-likeness (QED) is 0.264. The van der Waals surface area contributed by atoms with E-state index in [2.05, 4.69) is 19.7 Å². The highest BCUT2D eigenvalue weighted by molar-refractivity contribution is 6.01. The lowest BCUT2D eigenvalue weighted by molar-refractivity contribution is -0.154. The van der Waals surface area contributed by atoms with E-state index in [9.17, 15) is 14.4 Å². The topological polar surface area (TPSA) is 101 Å². The Morgan fingerprint density at radius 3 is 2.00 bits per heavy atom. The SMILES string of the molecule is C=C(C)C(=O)O.C=C(CCCO)C(=O)OC(=O)C(=C)C(C=Cc1ccccc1)Cc1ccccc1. The second-order valence-corrected chi connectivity index (χ2v) is 7.78. The Bertz CT molecular complexity index is 1040. The summed E-state index contributed by atoms with van der Waals surface area (Å²) in [5.41, 5.74) is 2.57. The van der Waals surface area contributed by atoms with Gasteiger partial charge in [0, 0.05) is 29.2 Å². The molecule has 184 valence electrons. The van der Waals surface area contributed by atoms with Gasteiger partial charge < -0.3 is 14.9 Å². The van der Waals surface area contributed by atoms with E-state index in [1.807, 2.05) is 72.8 Å². The highest BCUT2D eigenvalue weighted by Crippen LogP contribution is 2.21. The van der Waals surface area contributed by atoms with E-state index >= 15 is 0 Å². The Kier molecular flexibility index (Phi) is 13.0. The Morgan fingerprint density at radius 1 is 0.943 bits per heavy atom. The van der Waals surface area contributed by atoms with Gasteiger partial charge in [0.2, 0.25) is 0 Å². The number of carbonyl (C=O) groups excluding carboxylic acids is 2. The molecular weight excluding hydrogens is 444 g/mol. The molecule has 0 aliphatic carbocycles. The van der Waals surface area contributed by atoms with E-state index in [0.29, 0.717) is 12.8 Å². The number of carbonyl (C=O) groups is 3. The van der Waals surface area contributed by atoms with Crippen LogP contribution in [0.5, 0.6) is 0 Å². The van der Waals surface area contributed by atoms with Crippen LogP contribution in [0, 0.1) is 5.92 Å². The van der Waals surface area contributed by atoms with Gasteiger partial charge in [0.1, 0.15) is 0 Å². The summed E-state index contributed by atoms with van der Waals surface area (Å²) in [6, 6.07) is 19.5. The first kappa shape index (κ1) is 29.0. The number of benzene rings is 2. The lowest BCUT2D eigenvalue weighted by Crippen LogP contribution is -2.20. The van der Waals surface area contributed by atoms with Crippen molar-refractivity contribution in [3.8, 4) is 0 Å². The number of carboxylic acid groups (broad SMARTS) is 1. The van der Waals surface area contributed by atoms with E-state index in [4.69, 9.17) is 14.9 Å². The number of aliphatic hydroxyl groups is 1. The van der Waals surface area contributed by atoms with E-state index in [1.165, 1.54) is 6.92 Å². The molecule has 2 aromatic carbocycles. The van der Waals surface area contributed by atoms with Crippen LogP contribution in [-0.2, 0) is 25.5 Å². The van der Waals surface area contributed by atoms with Crippen molar-refractivity contribution in [3.63, 3.8) is 0 Å². The van der Waals surface area contributed by atoms with Gasteiger partial charge in [-0.05, 0) is 37.3 Å². The summed E-state index contributed by atoms with van der Waals surface area (Å²) in [7, 11) is 0. The average molecular weight is 477 g/mol. The summed E-state index contributed by atoms with van der Waals surface area (Å²) in [5, 5.41) is 16.7. The maximum Gasteiger partial charge on any atom is 0.341 e. The molecule has 0 fully saturated rings. The normalized spacial score (nSPS) is 11.0. The molecule has 6 heteroatoms. The first-order valence-electron chi connectivity index (χ1n) is 11.1. The van der Waals surface area contributed by atoms with Crippen LogP contribution >= 0.6 is 0 Å². The first-order chi connectivity index (χ1) is 16.6. The number of esters is 2. The molecule has 0 saturated carbocycles. The largest absolute Gasteiger partial charge is 0.478 e. The van der Waals surface area contributed by atoms with Crippen LogP contribution in [-0.4, -0.2) is 34.7 Å². The second-order valence-electron chi connectivity index (χ2n) is 7.78. The van der Waals surface area contributed by atoms with Crippen molar-refractivity contribution in [2.24, 2.45) is 5.92 Å². The van der Waals surface area contributed by atoms with E-state index < -0.39 is 17.9 Å². The zero-order valence-corrected chi connectivity index (χ0v) is 20.0. The van der Waals surface area contributed by atoms with Gasteiger partial charge in [-0.25, -0.2) is 14.4 Å². The van der Waals surface area contributed by atoms with Crippen molar-refractivity contribution >= 4 is 24.0 Å². The molecule has 0 aromatic heterocycles. The van der Waals surface area contributed by atoms with E-state index in [0.717, 1.165) is 11.1 Å². The van der Waals surface area contributed by atoms with Crippen LogP contribution in [0.2, 0.25) is 0 Å². The first-order valence-corrected chi connectivity index (χ1v) is 11.1. The molecule has 1 unspecified atom stereocenters. The number of hydrogen-bond acceptors (Lipinski definition) is 5. The molecule has 2 aromatic rings. The number of aliphatic carboxylic acids is 1.